The number of aromatic amines is 1. The minimum absolute atomic E-state index is 0.209. The molecule has 0 spiro atoms. The van der Waals surface area contributed by atoms with Gasteiger partial charge in [-0.05, 0) is 24.1 Å². The fourth-order valence-electron chi connectivity index (χ4n) is 2.60. The van der Waals surface area contributed by atoms with Gasteiger partial charge in [0.05, 0.1) is 5.56 Å². The minimum atomic E-state index is -0.766. The SMILES string of the molecule is Cc1ccc(-c2ccc3c(C(N)=O)c(NC(N)=O)[nH]c3c2)cc1. The Kier molecular flexibility index (Phi) is 3.50. The monoisotopic (exact) mass is 308 g/mol. The van der Waals surface area contributed by atoms with Crippen LogP contribution in [-0.4, -0.2) is 16.9 Å². The summed E-state index contributed by atoms with van der Waals surface area (Å²) < 4.78 is 0. The second-order valence-corrected chi connectivity index (χ2v) is 5.35. The molecule has 6 N–H and O–H groups in total. The lowest BCUT2D eigenvalue weighted by atomic mass is 10.0. The second kappa shape index (κ2) is 5.49. The van der Waals surface area contributed by atoms with E-state index < -0.39 is 11.9 Å². The fourth-order valence-corrected chi connectivity index (χ4v) is 2.60. The zero-order chi connectivity index (χ0) is 16.6. The van der Waals surface area contributed by atoms with Crippen molar-refractivity contribution in [2.75, 3.05) is 5.32 Å². The zero-order valence-electron chi connectivity index (χ0n) is 12.5. The molecule has 23 heavy (non-hydrogen) atoms. The summed E-state index contributed by atoms with van der Waals surface area (Å²) in [6.07, 6.45) is 0. The van der Waals surface area contributed by atoms with Crippen molar-refractivity contribution < 1.29 is 9.59 Å². The molecule has 0 saturated heterocycles. The number of rotatable bonds is 3. The van der Waals surface area contributed by atoms with Crippen molar-refractivity contribution >= 4 is 28.7 Å². The van der Waals surface area contributed by atoms with Crippen LogP contribution in [0.25, 0.3) is 22.0 Å². The summed E-state index contributed by atoms with van der Waals surface area (Å²) in [5.74, 6) is -0.427. The van der Waals surface area contributed by atoms with Crippen LogP contribution in [0.15, 0.2) is 42.5 Å². The van der Waals surface area contributed by atoms with Gasteiger partial charge in [-0.25, -0.2) is 4.79 Å². The molecular formula is C17H16N4O2. The molecule has 0 aliphatic heterocycles. The average molecular weight is 308 g/mol. The van der Waals surface area contributed by atoms with E-state index in [0.29, 0.717) is 10.9 Å². The van der Waals surface area contributed by atoms with Crippen LogP contribution < -0.4 is 16.8 Å². The number of amides is 3. The van der Waals surface area contributed by atoms with Gasteiger partial charge in [-0.15, -0.1) is 0 Å². The first-order chi connectivity index (χ1) is 11.0. The Balaban J connectivity index is 2.15. The molecule has 116 valence electrons. The fraction of sp³-hybridized carbons (Fsp3) is 0.0588. The Hall–Kier alpha value is -3.28. The van der Waals surface area contributed by atoms with Gasteiger partial charge in [-0.2, -0.15) is 0 Å². The molecule has 0 aliphatic carbocycles. The molecule has 1 aromatic heterocycles. The van der Waals surface area contributed by atoms with Crippen LogP contribution in [0.1, 0.15) is 15.9 Å². The molecule has 1 heterocycles. The molecule has 6 nitrogen and oxygen atoms in total. The number of fused-ring (bicyclic) bond motifs is 1. The van der Waals surface area contributed by atoms with E-state index in [4.69, 9.17) is 11.5 Å². The molecule has 0 radical (unpaired) electrons. The number of urea groups is 1. The van der Waals surface area contributed by atoms with Crippen molar-refractivity contribution in [2.24, 2.45) is 11.5 Å². The molecule has 3 aromatic rings. The lowest BCUT2D eigenvalue weighted by Crippen LogP contribution is -2.22. The topological polar surface area (TPSA) is 114 Å². The van der Waals surface area contributed by atoms with Crippen LogP contribution in [0.5, 0.6) is 0 Å². The summed E-state index contributed by atoms with van der Waals surface area (Å²) in [4.78, 5) is 25.7. The third-order valence-electron chi connectivity index (χ3n) is 3.68. The van der Waals surface area contributed by atoms with E-state index in [1.165, 1.54) is 5.56 Å². The summed E-state index contributed by atoms with van der Waals surface area (Å²) in [6.45, 7) is 2.03. The van der Waals surface area contributed by atoms with Crippen LogP contribution in [0.3, 0.4) is 0 Å². The van der Waals surface area contributed by atoms with E-state index in [1.807, 2.05) is 43.3 Å². The highest BCUT2D eigenvalue weighted by atomic mass is 16.2. The lowest BCUT2D eigenvalue weighted by Gasteiger charge is -2.03. The molecule has 0 bridgehead atoms. The van der Waals surface area contributed by atoms with Crippen molar-refractivity contribution in [1.29, 1.82) is 0 Å². The summed E-state index contributed by atoms with van der Waals surface area (Å²) in [5.41, 5.74) is 14.7. The van der Waals surface area contributed by atoms with Gasteiger partial charge in [0.15, 0.2) is 0 Å². The van der Waals surface area contributed by atoms with Gasteiger partial charge in [0, 0.05) is 10.9 Å². The van der Waals surface area contributed by atoms with E-state index >= 15 is 0 Å². The number of aromatic nitrogens is 1. The number of anilines is 1. The number of H-pyrrole nitrogens is 1. The maximum absolute atomic E-state index is 11.7. The molecule has 0 atom stereocenters. The molecule has 0 fully saturated rings. The maximum Gasteiger partial charge on any atom is 0.317 e. The maximum atomic E-state index is 11.7. The van der Waals surface area contributed by atoms with Gasteiger partial charge in [0.25, 0.3) is 5.91 Å². The molecular weight excluding hydrogens is 292 g/mol. The van der Waals surface area contributed by atoms with E-state index in [2.05, 4.69) is 10.3 Å². The van der Waals surface area contributed by atoms with Gasteiger partial charge in [0.2, 0.25) is 0 Å². The van der Waals surface area contributed by atoms with Crippen LogP contribution in [0, 0.1) is 6.92 Å². The van der Waals surface area contributed by atoms with Crippen LogP contribution in [0.2, 0.25) is 0 Å². The Morgan fingerprint density at radius 2 is 1.65 bits per heavy atom. The lowest BCUT2D eigenvalue weighted by molar-refractivity contribution is 0.100. The average Bonchev–Trinajstić information content (AvgIpc) is 2.84. The number of carbonyl (C=O) groups excluding carboxylic acids is 2. The standard InChI is InChI=1S/C17H16N4O2/c1-9-2-4-10(5-3-9)11-6-7-12-13(8-11)20-16(21-17(19)23)14(12)15(18)22/h2-8,20H,1H3,(H2,18,22)(H3,19,21,23). The smallest absolute Gasteiger partial charge is 0.317 e. The van der Waals surface area contributed by atoms with Crippen LogP contribution in [-0.2, 0) is 0 Å². The number of nitrogens with one attached hydrogen (secondary N) is 2. The van der Waals surface area contributed by atoms with Gasteiger partial charge in [-0.1, -0.05) is 42.0 Å². The van der Waals surface area contributed by atoms with Crippen molar-refractivity contribution in [3.63, 3.8) is 0 Å². The van der Waals surface area contributed by atoms with Gasteiger partial charge in [-0.3, -0.25) is 10.1 Å². The number of hydrogen-bond donors (Lipinski definition) is 4. The van der Waals surface area contributed by atoms with Gasteiger partial charge in [0.1, 0.15) is 5.82 Å². The number of carbonyl (C=O) groups is 2. The molecule has 3 rings (SSSR count). The van der Waals surface area contributed by atoms with Crippen molar-refractivity contribution in [3.05, 3.63) is 53.6 Å². The van der Waals surface area contributed by atoms with Crippen molar-refractivity contribution in [2.45, 2.75) is 6.92 Å². The van der Waals surface area contributed by atoms with Crippen LogP contribution >= 0.6 is 0 Å². The number of primary amides is 2. The Labute approximate surface area is 132 Å². The molecule has 6 heteroatoms. The van der Waals surface area contributed by atoms with E-state index in [1.54, 1.807) is 6.07 Å². The normalized spacial score (nSPS) is 10.7. The molecule has 0 aliphatic rings. The second-order valence-electron chi connectivity index (χ2n) is 5.35. The molecule has 3 amide bonds. The quantitative estimate of drug-likeness (QED) is 0.596. The van der Waals surface area contributed by atoms with E-state index in [0.717, 1.165) is 11.1 Å². The van der Waals surface area contributed by atoms with Crippen LogP contribution in [0.4, 0.5) is 10.6 Å². The highest BCUT2D eigenvalue weighted by Crippen LogP contribution is 2.30. The Bertz CT molecular complexity index is 910. The third-order valence-corrected chi connectivity index (χ3v) is 3.68. The summed E-state index contributed by atoms with van der Waals surface area (Å²) in [7, 11) is 0. The summed E-state index contributed by atoms with van der Waals surface area (Å²) in [6, 6.07) is 12.9. The summed E-state index contributed by atoms with van der Waals surface area (Å²) in [5, 5.41) is 3.03. The number of hydrogen-bond acceptors (Lipinski definition) is 2. The predicted molar refractivity (Wildman–Crippen MR) is 90.2 cm³/mol. The highest BCUT2D eigenvalue weighted by Gasteiger charge is 2.17. The first kappa shape index (κ1) is 14.6. The number of aryl methyl sites for hydroxylation is 1. The third kappa shape index (κ3) is 2.74. The predicted octanol–water partition coefficient (Wildman–Crippen LogP) is 2.73. The molecule has 2 aromatic carbocycles. The first-order valence-corrected chi connectivity index (χ1v) is 7.04. The molecule has 0 saturated carbocycles. The van der Waals surface area contributed by atoms with E-state index in [-0.39, 0.29) is 11.4 Å². The minimum Gasteiger partial charge on any atom is -0.365 e. The van der Waals surface area contributed by atoms with Crippen molar-refractivity contribution in [1.82, 2.24) is 4.98 Å². The van der Waals surface area contributed by atoms with Gasteiger partial charge >= 0.3 is 6.03 Å². The summed E-state index contributed by atoms with van der Waals surface area (Å²) >= 11 is 0. The Morgan fingerprint density at radius 1 is 1.00 bits per heavy atom. The Morgan fingerprint density at radius 3 is 2.26 bits per heavy atom. The number of nitrogens with two attached hydrogens (primary N) is 2. The van der Waals surface area contributed by atoms with E-state index in [9.17, 15) is 9.59 Å². The zero-order valence-corrected chi connectivity index (χ0v) is 12.5. The van der Waals surface area contributed by atoms with Crippen molar-refractivity contribution in [3.8, 4) is 11.1 Å². The number of benzene rings is 2. The first-order valence-electron chi connectivity index (χ1n) is 7.04. The largest absolute Gasteiger partial charge is 0.365 e. The van der Waals surface area contributed by atoms with Gasteiger partial charge < -0.3 is 16.5 Å². The molecule has 0 unspecified atom stereocenters. The highest BCUT2D eigenvalue weighted by molar-refractivity contribution is 6.13.